The van der Waals surface area contributed by atoms with Gasteiger partial charge in [-0.1, -0.05) is 35.9 Å². The smallest absolute Gasteiger partial charge is 0.352 e. The average molecular weight is 447 g/mol. The Kier molecular flexibility index (Phi) is 5.82. The SMILES string of the molecule is O=C(c1ccccc1C(F)(F)F)N1CCN(c2ccc(-c3ccc(Cl)cc3)nn2)CC1. The van der Waals surface area contributed by atoms with Crippen molar-refractivity contribution >= 4 is 23.3 Å². The predicted octanol–water partition coefficient (Wildman–Crippen LogP) is 4.78. The zero-order valence-electron chi connectivity index (χ0n) is 16.3. The van der Waals surface area contributed by atoms with Crippen molar-refractivity contribution in [2.45, 2.75) is 6.18 Å². The third-order valence-corrected chi connectivity index (χ3v) is 5.40. The van der Waals surface area contributed by atoms with Gasteiger partial charge < -0.3 is 9.80 Å². The molecule has 1 saturated heterocycles. The Morgan fingerprint density at radius 1 is 0.871 bits per heavy atom. The Morgan fingerprint density at radius 2 is 1.55 bits per heavy atom. The van der Waals surface area contributed by atoms with Crippen LogP contribution in [-0.2, 0) is 6.18 Å². The number of amides is 1. The molecule has 0 N–H and O–H groups in total. The van der Waals surface area contributed by atoms with Gasteiger partial charge in [-0.25, -0.2) is 0 Å². The van der Waals surface area contributed by atoms with Crippen LogP contribution in [-0.4, -0.2) is 47.2 Å². The molecule has 9 heteroatoms. The first kappa shape index (κ1) is 21.1. The van der Waals surface area contributed by atoms with E-state index in [0.29, 0.717) is 42.7 Å². The van der Waals surface area contributed by atoms with Gasteiger partial charge in [0.1, 0.15) is 0 Å². The summed E-state index contributed by atoms with van der Waals surface area (Å²) in [7, 11) is 0. The van der Waals surface area contributed by atoms with E-state index in [1.807, 2.05) is 29.2 Å². The van der Waals surface area contributed by atoms with Crippen LogP contribution in [0.5, 0.6) is 0 Å². The molecule has 0 bridgehead atoms. The fraction of sp³-hybridized carbons (Fsp3) is 0.227. The molecule has 1 aliphatic rings. The first-order chi connectivity index (χ1) is 14.8. The van der Waals surface area contributed by atoms with Gasteiger partial charge in [0, 0.05) is 36.8 Å². The van der Waals surface area contributed by atoms with Crippen LogP contribution < -0.4 is 4.90 Å². The summed E-state index contributed by atoms with van der Waals surface area (Å²) in [6, 6.07) is 15.8. The number of benzene rings is 2. The quantitative estimate of drug-likeness (QED) is 0.581. The summed E-state index contributed by atoms with van der Waals surface area (Å²) >= 11 is 5.90. The van der Waals surface area contributed by atoms with Crippen LogP contribution in [0.3, 0.4) is 0 Å². The van der Waals surface area contributed by atoms with E-state index >= 15 is 0 Å². The molecule has 0 spiro atoms. The van der Waals surface area contributed by atoms with E-state index in [0.717, 1.165) is 11.6 Å². The molecule has 0 saturated carbocycles. The first-order valence-electron chi connectivity index (χ1n) is 9.63. The van der Waals surface area contributed by atoms with E-state index in [1.54, 1.807) is 12.1 Å². The van der Waals surface area contributed by atoms with Crippen LogP contribution >= 0.6 is 11.6 Å². The van der Waals surface area contributed by atoms with Crippen LogP contribution in [0.1, 0.15) is 15.9 Å². The van der Waals surface area contributed by atoms with Crippen LogP contribution in [0.25, 0.3) is 11.3 Å². The van der Waals surface area contributed by atoms with Crippen LogP contribution in [0, 0.1) is 0 Å². The molecule has 1 amide bonds. The normalized spacial score (nSPS) is 14.6. The third kappa shape index (κ3) is 4.64. The molecule has 0 atom stereocenters. The van der Waals surface area contributed by atoms with Gasteiger partial charge in [-0.05, 0) is 36.4 Å². The number of hydrogen-bond donors (Lipinski definition) is 0. The maximum atomic E-state index is 13.2. The minimum Gasteiger partial charge on any atom is -0.352 e. The summed E-state index contributed by atoms with van der Waals surface area (Å²) in [5, 5.41) is 9.16. The Morgan fingerprint density at radius 3 is 2.16 bits per heavy atom. The van der Waals surface area contributed by atoms with Crippen molar-refractivity contribution in [2.24, 2.45) is 0 Å². The van der Waals surface area contributed by atoms with Crippen molar-refractivity contribution in [2.75, 3.05) is 31.1 Å². The topological polar surface area (TPSA) is 49.3 Å². The summed E-state index contributed by atoms with van der Waals surface area (Å²) in [5.41, 5.74) is 0.363. The molecule has 3 aromatic rings. The highest BCUT2D eigenvalue weighted by molar-refractivity contribution is 6.30. The number of alkyl halides is 3. The second kappa shape index (κ2) is 8.55. The number of halogens is 4. The number of rotatable bonds is 3. The molecule has 160 valence electrons. The van der Waals surface area contributed by atoms with E-state index in [1.165, 1.54) is 23.1 Å². The number of hydrogen-bond acceptors (Lipinski definition) is 4. The largest absolute Gasteiger partial charge is 0.417 e. The van der Waals surface area contributed by atoms with E-state index in [9.17, 15) is 18.0 Å². The minimum atomic E-state index is -4.57. The molecule has 5 nitrogen and oxygen atoms in total. The van der Waals surface area contributed by atoms with Crippen LogP contribution in [0.2, 0.25) is 5.02 Å². The molecule has 2 heterocycles. The van der Waals surface area contributed by atoms with E-state index < -0.39 is 17.6 Å². The molecule has 4 rings (SSSR count). The van der Waals surface area contributed by atoms with Crippen molar-refractivity contribution in [3.05, 3.63) is 76.8 Å². The van der Waals surface area contributed by atoms with Crippen molar-refractivity contribution in [1.29, 1.82) is 0 Å². The van der Waals surface area contributed by atoms with Gasteiger partial charge in [-0.3, -0.25) is 4.79 Å². The van der Waals surface area contributed by atoms with E-state index in [4.69, 9.17) is 11.6 Å². The van der Waals surface area contributed by atoms with Gasteiger partial charge in [0.15, 0.2) is 5.82 Å². The van der Waals surface area contributed by atoms with Gasteiger partial charge in [0.25, 0.3) is 5.91 Å². The van der Waals surface area contributed by atoms with E-state index in [-0.39, 0.29) is 5.56 Å². The molecule has 1 aliphatic heterocycles. The molecule has 1 fully saturated rings. The van der Waals surface area contributed by atoms with Crippen molar-refractivity contribution < 1.29 is 18.0 Å². The van der Waals surface area contributed by atoms with Crippen LogP contribution in [0.15, 0.2) is 60.7 Å². The monoisotopic (exact) mass is 446 g/mol. The highest BCUT2D eigenvalue weighted by atomic mass is 35.5. The summed E-state index contributed by atoms with van der Waals surface area (Å²) in [5.74, 6) is 0.0391. The highest BCUT2D eigenvalue weighted by Gasteiger charge is 2.36. The van der Waals surface area contributed by atoms with Gasteiger partial charge in [-0.15, -0.1) is 10.2 Å². The van der Waals surface area contributed by atoms with Crippen molar-refractivity contribution in [3.8, 4) is 11.3 Å². The summed E-state index contributed by atoms with van der Waals surface area (Å²) in [6.07, 6.45) is -4.57. The van der Waals surface area contributed by atoms with E-state index in [2.05, 4.69) is 10.2 Å². The predicted molar refractivity (Wildman–Crippen MR) is 112 cm³/mol. The van der Waals surface area contributed by atoms with Gasteiger partial charge in [-0.2, -0.15) is 13.2 Å². The lowest BCUT2D eigenvalue weighted by atomic mass is 10.1. The molecule has 0 radical (unpaired) electrons. The number of carbonyl (C=O) groups excluding carboxylic acids is 1. The molecule has 31 heavy (non-hydrogen) atoms. The summed E-state index contributed by atoms with van der Waals surface area (Å²) < 4.78 is 39.7. The number of carbonyl (C=O) groups is 1. The number of aromatic nitrogens is 2. The van der Waals surface area contributed by atoms with Gasteiger partial charge in [0.2, 0.25) is 0 Å². The number of nitrogens with zero attached hydrogens (tertiary/aromatic N) is 4. The Bertz CT molecular complexity index is 1060. The fourth-order valence-electron chi connectivity index (χ4n) is 3.49. The Labute approximate surface area is 182 Å². The van der Waals surface area contributed by atoms with Gasteiger partial charge in [0.05, 0.1) is 16.8 Å². The lowest BCUT2D eigenvalue weighted by Crippen LogP contribution is -2.49. The molecule has 0 unspecified atom stereocenters. The van der Waals surface area contributed by atoms with Crippen molar-refractivity contribution in [3.63, 3.8) is 0 Å². The standard InChI is InChI=1S/C22H18ClF3N4O/c23-16-7-5-15(6-8-16)19-9-10-20(28-27-19)29-11-13-30(14-12-29)21(31)17-3-1-2-4-18(17)22(24,25)26/h1-10H,11-14H2. The Balaban J connectivity index is 1.42. The molecule has 2 aromatic carbocycles. The summed E-state index contributed by atoms with van der Waals surface area (Å²) in [6.45, 7) is 1.50. The molecular formula is C22H18ClF3N4O. The number of piperazine rings is 1. The first-order valence-corrected chi connectivity index (χ1v) is 10.0. The van der Waals surface area contributed by atoms with Crippen molar-refractivity contribution in [1.82, 2.24) is 15.1 Å². The lowest BCUT2D eigenvalue weighted by Gasteiger charge is -2.35. The highest BCUT2D eigenvalue weighted by Crippen LogP contribution is 2.32. The third-order valence-electron chi connectivity index (χ3n) is 5.14. The second-order valence-corrected chi connectivity index (χ2v) is 7.54. The maximum Gasteiger partial charge on any atom is 0.417 e. The second-order valence-electron chi connectivity index (χ2n) is 7.11. The fourth-order valence-corrected chi connectivity index (χ4v) is 3.62. The van der Waals surface area contributed by atoms with Gasteiger partial charge >= 0.3 is 6.18 Å². The van der Waals surface area contributed by atoms with Crippen LogP contribution in [0.4, 0.5) is 19.0 Å². The molecular weight excluding hydrogens is 429 g/mol. The molecule has 0 aliphatic carbocycles. The molecule has 1 aromatic heterocycles. The maximum absolute atomic E-state index is 13.2. The number of anilines is 1. The zero-order valence-corrected chi connectivity index (χ0v) is 17.1. The zero-order chi connectivity index (χ0) is 22.0. The lowest BCUT2D eigenvalue weighted by molar-refractivity contribution is -0.138. The minimum absolute atomic E-state index is 0.297. The Hall–Kier alpha value is -3.13. The average Bonchev–Trinajstić information content (AvgIpc) is 2.79. The summed E-state index contributed by atoms with van der Waals surface area (Å²) in [4.78, 5) is 16.1.